The maximum Gasteiger partial charge on any atom is 0.251 e. The van der Waals surface area contributed by atoms with Crippen LogP contribution in [-0.2, 0) is 0 Å². The molecule has 2 aromatic rings. The monoisotopic (exact) mass is 293 g/mol. The maximum absolute atomic E-state index is 11.9. The molecule has 1 unspecified atom stereocenters. The zero-order valence-electron chi connectivity index (χ0n) is 9.31. The van der Waals surface area contributed by atoms with Gasteiger partial charge < -0.3 is 9.73 Å². The van der Waals surface area contributed by atoms with E-state index in [0.29, 0.717) is 5.56 Å². The number of benzene rings is 1. The first-order chi connectivity index (χ1) is 8.16. The Morgan fingerprint density at radius 1 is 1.35 bits per heavy atom. The number of carbonyl (C=O) groups is 1. The second-order valence-electron chi connectivity index (χ2n) is 3.72. The Morgan fingerprint density at radius 3 is 2.82 bits per heavy atom. The zero-order chi connectivity index (χ0) is 12.3. The Morgan fingerprint density at radius 2 is 2.18 bits per heavy atom. The minimum atomic E-state index is -0.142. The summed E-state index contributed by atoms with van der Waals surface area (Å²) < 4.78 is 6.12. The molecule has 0 radical (unpaired) electrons. The Bertz CT molecular complexity index is 508. The van der Waals surface area contributed by atoms with Crippen molar-refractivity contribution < 1.29 is 9.21 Å². The van der Waals surface area contributed by atoms with Gasteiger partial charge in [-0.2, -0.15) is 0 Å². The van der Waals surface area contributed by atoms with Gasteiger partial charge in [-0.1, -0.05) is 22.0 Å². The van der Waals surface area contributed by atoms with E-state index < -0.39 is 0 Å². The average Bonchev–Trinajstić information content (AvgIpc) is 2.82. The molecular formula is C13H12BrNO2. The van der Waals surface area contributed by atoms with E-state index in [1.54, 1.807) is 24.5 Å². The molecule has 2 rings (SSSR count). The molecule has 0 saturated carbocycles. The van der Waals surface area contributed by atoms with Crippen molar-refractivity contribution in [2.45, 2.75) is 13.0 Å². The number of amides is 1. The van der Waals surface area contributed by atoms with Crippen molar-refractivity contribution in [3.63, 3.8) is 0 Å². The molecule has 1 N–H and O–H groups in total. The molecule has 1 heterocycles. The summed E-state index contributed by atoms with van der Waals surface area (Å²) in [5, 5.41) is 2.87. The lowest BCUT2D eigenvalue weighted by molar-refractivity contribution is 0.0935. The lowest BCUT2D eigenvalue weighted by atomic mass is 10.2. The lowest BCUT2D eigenvalue weighted by Crippen LogP contribution is -2.26. The number of halogens is 1. The van der Waals surface area contributed by atoms with Crippen LogP contribution in [-0.4, -0.2) is 5.91 Å². The van der Waals surface area contributed by atoms with Crippen LogP contribution in [0.25, 0.3) is 0 Å². The molecule has 0 aliphatic carbocycles. The van der Waals surface area contributed by atoms with Crippen molar-refractivity contribution >= 4 is 21.8 Å². The number of nitrogens with one attached hydrogen (secondary N) is 1. The first-order valence-electron chi connectivity index (χ1n) is 5.26. The Kier molecular flexibility index (Phi) is 3.64. The van der Waals surface area contributed by atoms with Gasteiger partial charge in [-0.05, 0) is 37.3 Å². The fourth-order valence-electron chi connectivity index (χ4n) is 1.52. The fraction of sp³-hybridized carbons (Fsp3) is 0.154. The Labute approximate surface area is 108 Å². The van der Waals surface area contributed by atoms with E-state index in [2.05, 4.69) is 21.2 Å². The minimum absolute atomic E-state index is 0.116. The second kappa shape index (κ2) is 5.19. The number of hydrogen-bond donors (Lipinski definition) is 1. The summed E-state index contributed by atoms with van der Waals surface area (Å²) in [5.74, 6) is 0.628. The number of furan rings is 1. The summed E-state index contributed by atoms with van der Waals surface area (Å²) in [4.78, 5) is 11.9. The SMILES string of the molecule is CC(NC(=O)c1cccc(Br)c1)c1ccco1. The third kappa shape index (κ3) is 2.97. The van der Waals surface area contributed by atoms with Crippen LogP contribution in [0.1, 0.15) is 29.1 Å². The van der Waals surface area contributed by atoms with Crippen LogP contribution in [0.4, 0.5) is 0 Å². The van der Waals surface area contributed by atoms with E-state index in [0.717, 1.165) is 10.2 Å². The smallest absolute Gasteiger partial charge is 0.251 e. The highest BCUT2D eigenvalue weighted by molar-refractivity contribution is 9.10. The number of hydrogen-bond acceptors (Lipinski definition) is 2. The summed E-state index contributed by atoms with van der Waals surface area (Å²) in [5.41, 5.74) is 0.623. The van der Waals surface area contributed by atoms with Crippen LogP contribution < -0.4 is 5.32 Å². The van der Waals surface area contributed by atoms with Gasteiger partial charge in [0.1, 0.15) is 5.76 Å². The molecule has 0 fully saturated rings. The standard InChI is InChI=1S/C13H12BrNO2/c1-9(12-6-3-7-17-12)15-13(16)10-4-2-5-11(14)8-10/h2-9H,1H3,(H,15,16). The van der Waals surface area contributed by atoms with Crippen molar-refractivity contribution in [2.75, 3.05) is 0 Å². The van der Waals surface area contributed by atoms with E-state index in [9.17, 15) is 4.79 Å². The van der Waals surface area contributed by atoms with Crippen LogP contribution >= 0.6 is 15.9 Å². The number of carbonyl (C=O) groups excluding carboxylic acids is 1. The molecular weight excluding hydrogens is 282 g/mol. The molecule has 0 saturated heterocycles. The highest BCUT2D eigenvalue weighted by Crippen LogP contribution is 2.15. The summed E-state index contributed by atoms with van der Waals surface area (Å²) >= 11 is 3.34. The summed E-state index contributed by atoms with van der Waals surface area (Å²) in [6.07, 6.45) is 1.59. The molecule has 88 valence electrons. The quantitative estimate of drug-likeness (QED) is 0.941. The van der Waals surface area contributed by atoms with Crippen LogP contribution in [0.3, 0.4) is 0 Å². The van der Waals surface area contributed by atoms with Gasteiger partial charge in [-0.25, -0.2) is 0 Å². The van der Waals surface area contributed by atoms with Gasteiger partial charge in [-0.15, -0.1) is 0 Å². The third-order valence-electron chi connectivity index (χ3n) is 2.40. The molecule has 1 aromatic carbocycles. The van der Waals surface area contributed by atoms with E-state index in [1.165, 1.54) is 0 Å². The van der Waals surface area contributed by atoms with Gasteiger partial charge in [-0.3, -0.25) is 4.79 Å². The minimum Gasteiger partial charge on any atom is -0.467 e. The molecule has 1 atom stereocenters. The Hall–Kier alpha value is -1.55. The molecule has 0 bridgehead atoms. The summed E-state index contributed by atoms with van der Waals surface area (Å²) in [6, 6.07) is 10.8. The summed E-state index contributed by atoms with van der Waals surface area (Å²) in [6.45, 7) is 1.88. The van der Waals surface area contributed by atoms with E-state index in [1.807, 2.05) is 25.1 Å². The predicted octanol–water partition coefficient (Wildman–Crippen LogP) is 3.53. The lowest BCUT2D eigenvalue weighted by Gasteiger charge is -2.11. The molecule has 0 aliphatic rings. The van der Waals surface area contributed by atoms with Crippen LogP contribution in [0.15, 0.2) is 51.6 Å². The molecule has 17 heavy (non-hydrogen) atoms. The predicted molar refractivity (Wildman–Crippen MR) is 68.7 cm³/mol. The third-order valence-corrected chi connectivity index (χ3v) is 2.90. The van der Waals surface area contributed by atoms with E-state index in [4.69, 9.17) is 4.42 Å². The molecule has 1 aromatic heterocycles. The average molecular weight is 294 g/mol. The van der Waals surface area contributed by atoms with Crippen LogP contribution in [0.5, 0.6) is 0 Å². The number of rotatable bonds is 3. The van der Waals surface area contributed by atoms with Crippen molar-refractivity contribution in [1.82, 2.24) is 5.32 Å². The molecule has 4 heteroatoms. The molecule has 3 nitrogen and oxygen atoms in total. The van der Waals surface area contributed by atoms with Gasteiger partial charge in [0.05, 0.1) is 12.3 Å². The zero-order valence-corrected chi connectivity index (χ0v) is 10.9. The van der Waals surface area contributed by atoms with Crippen molar-refractivity contribution in [2.24, 2.45) is 0 Å². The summed E-state index contributed by atoms with van der Waals surface area (Å²) in [7, 11) is 0. The van der Waals surface area contributed by atoms with Crippen molar-refractivity contribution in [1.29, 1.82) is 0 Å². The van der Waals surface area contributed by atoms with E-state index >= 15 is 0 Å². The van der Waals surface area contributed by atoms with Crippen LogP contribution in [0.2, 0.25) is 0 Å². The van der Waals surface area contributed by atoms with Gasteiger partial charge in [0.15, 0.2) is 0 Å². The molecule has 0 aliphatic heterocycles. The highest BCUT2D eigenvalue weighted by atomic mass is 79.9. The van der Waals surface area contributed by atoms with Crippen LogP contribution in [0, 0.1) is 0 Å². The van der Waals surface area contributed by atoms with Gasteiger partial charge in [0.25, 0.3) is 5.91 Å². The first-order valence-corrected chi connectivity index (χ1v) is 6.06. The van der Waals surface area contributed by atoms with Gasteiger partial charge in [0, 0.05) is 10.0 Å². The molecule has 0 spiro atoms. The largest absolute Gasteiger partial charge is 0.467 e. The second-order valence-corrected chi connectivity index (χ2v) is 4.64. The maximum atomic E-state index is 11.9. The highest BCUT2D eigenvalue weighted by Gasteiger charge is 2.13. The van der Waals surface area contributed by atoms with Gasteiger partial charge in [0.2, 0.25) is 0 Å². The normalized spacial score (nSPS) is 12.1. The van der Waals surface area contributed by atoms with Gasteiger partial charge >= 0.3 is 0 Å². The van der Waals surface area contributed by atoms with Crippen molar-refractivity contribution in [3.05, 3.63) is 58.5 Å². The van der Waals surface area contributed by atoms with Crippen molar-refractivity contribution in [3.8, 4) is 0 Å². The fourth-order valence-corrected chi connectivity index (χ4v) is 1.92. The first kappa shape index (κ1) is 11.9. The topological polar surface area (TPSA) is 42.2 Å². The van der Waals surface area contributed by atoms with E-state index in [-0.39, 0.29) is 11.9 Å². The Balaban J connectivity index is 2.07. The molecule has 1 amide bonds.